The average molecular weight is 263 g/mol. The summed E-state index contributed by atoms with van der Waals surface area (Å²) in [6.45, 7) is 2.79. The van der Waals surface area contributed by atoms with E-state index < -0.39 is 0 Å². The van der Waals surface area contributed by atoms with Crippen LogP contribution in [0.3, 0.4) is 0 Å². The lowest BCUT2D eigenvalue weighted by Gasteiger charge is -2.26. The van der Waals surface area contributed by atoms with Crippen molar-refractivity contribution in [3.8, 4) is 18.2 Å². The van der Waals surface area contributed by atoms with E-state index in [0.29, 0.717) is 38.9 Å². The van der Waals surface area contributed by atoms with Crippen LogP contribution in [0.15, 0.2) is 0 Å². The molecule has 19 heavy (non-hydrogen) atoms. The summed E-state index contributed by atoms with van der Waals surface area (Å²) in [5.74, 6) is 0. The molecule has 0 radical (unpaired) electrons. The van der Waals surface area contributed by atoms with Gasteiger partial charge in [0.1, 0.15) is 0 Å². The van der Waals surface area contributed by atoms with Gasteiger partial charge in [0.05, 0.1) is 56.5 Å². The molecule has 5 heteroatoms. The predicted octanol–water partition coefficient (Wildman–Crippen LogP) is 2.69. The molecular weight excluding hydrogens is 242 g/mol. The molecule has 0 saturated carbocycles. The number of hydrogen-bond donors (Lipinski definition) is 0. The zero-order valence-corrected chi connectivity index (χ0v) is 11.5. The Morgan fingerprint density at radius 3 is 1.68 bits per heavy atom. The molecule has 0 saturated heterocycles. The van der Waals surface area contributed by atoms with Gasteiger partial charge in [0, 0.05) is 6.42 Å². The monoisotopic (exact) mass is 263 g/mol. The lowest BCUT2D eigenvalue weighted by Crippen LogP contribution is -2.32. The van der Waals surface area contributed by atoms with Crippen LogP contribution in [-0.2, 0) is 9.47 Å². The highest BCUT2D eigenvalue weighted by atomic mass is 16.5. The van der Waals surface area contributed by atoms with E-state index in [-0.39, 0.29) is 12.2 Å². The maximum Gasteiger partial charge on any atom is 0.0846 e. The van der Waals surface area contributed by atoms with Crippen molar-refractivity contribution in [3.63, 3.8) is 0 Å². The molecule has 0 aliphatic heterocycles. The van der Waals surface area contributed by atoms with E-state index in [2.05, 4.69) is 13.0 Å². The van der Waals surface area contributed by atoms with Gasteiger partial charge in [0.2, 0.25) is 0 Å². The van der Waals surface area contributed by atoms with Gasteiger partial charge in [0.15, 0.2) is 0 Å². The standard InChI is InChI=1S/C14H21N3O2/c1-2-6-13(18-11-4-9-16)14(7-3-8-15)19-12-5-10-17/h13-14H,2-7,11-12H2,1H3. The third-order valence-electron chi connectivity index (χ3n) is 2.62. The Kier molecular flexibility index (Phi) is 11.7. The Balaban J connectivity index is 4.38. The molecule has 0 fully saturated rings. The molecule has 0 amide bonds. The maximum absolute atomic E-state index is 8.67. The first kappa shape index (κ1) is 17.4. The summed E-state index contributed by atoms with van der Waals surface area (Å²) in [6, 6.07) is 6.17. The minimum atomic E-state index is -0.174. The summed E-state index contributed by atoms with van der Waals surface area (Å²) >= 11 is 0. The smallest absolute Gasteiger partial charge is 0.0846 e. The maximum atomic E-state index is 8.67. The van der Waals surface area contributed by atoms with Crippen LogP contribution in [-0.4, -0.2) is 25.4 Å². The van der Waals surface area contributed by atoms with E-state index in [0.717, 1.165) is 12.8 Å². The van der Waals surface area contributed by atoms with Crippen molar-refractivity contribution in [2.75, 3.05) is 13.2 Å². The fraction of sp³-hybridized carbons (Fsp3) is 0.786. The van der Waals surface area contributed by atoms with Crippen molar-refractivity contribution < 1.29 is 9.47 Å². The quantitative estimate of drug-likeness (QED) is 0.534. The van der Waals surface area contributed by atoms with Crippen molar-refractivity contribution >= 4 is 0 Å². The molecule has 0 bridgehead atoms. The van der Waals surface area contributed by atoms with Crippen LogP contribution in [0.1, 0.15) is 45.4 Å². The highest BCUT2D eigenvalue weighted by Crippen LogP contribution is 2.16. The molecule has 2 atom stereocenters. The Morgan fingerprint density at radius 1 is 0.789 bits per heavy atom. The number of hydrogen-bond acceptors (Lipinski definition) is 5. The third kappa shape index (κ3) is 9.03. The van der Waals surface area contributed by atoms with E-state index in [1.165, 1.54) is 0 Å². The highest BCUT2D eigenvalue weighted by Gasteiger charge is 2.22. The summed E-state index contributed by atoms with van der Waals surface area (Å²) in [6.07, 6.45) is 3.18. The van der Waals surface area contributed by atoms with E-state index in [9.17, 15) is 0 Å². The molecule has 0 aromatic heterocycles. The van der Waals surface area contributed by atoms with Gasteiger partial charge in [-0.1, -0.05) is 13.3 Å². The van der Waals surface area contributed by atoms with Gasteiger partial charge in [-0.05, 0) is 12.8 Å². The van der Waals surface area contributed by atoms with Gasteiger partial charge in [-0.25, -0.2) is 0 Å². The van der Waals surface area contributed by atoms with Crippen LogP contribution in [0.5, 0.6) is 0 Å². The average Bonchev–Trinajstić information content (AvgIpc) is 2.42. The minimum Gasteiger partial charge on any atom is -0.374 e. The predicted molar refractivity (Wildman–Crippen MR) is 69.7 cm³/mol. The second kappa shape index (κ2) is 12.8. The minimum absolute atomic E-state index is 0.106. The second-order valence-corrected chi connectivity index (χ2v) is 4.12. The van der Waals surface area contributed by atoms with Gasteiger partial charge in [-0.2, -0.15) is 15.8 Å². The van der Waals surface area contributed by atoms with E-state index in [1.54, 1.807) is 0 Å². The summed E-state index contributed by atoms with van der Waals surface area (Å²) in [5, 5.41) is 25.7. The van der Waals surface area contributed by atoms with Crippen LogP contribution in [0.4, 0.5) is 0 Å². The molecule has 0 spiro atoms. The van der Waals surface area contributed by atoms with Gasteiger partial charge in [0.25, 0.3) is 0 Å². The van der Waals surface area contributed by atoms with Crippen molar-refractivity contribution in [1.82, 2.24) is 0 Å². The molecule has 0 aromatic rings. The van der Waals surface area contributed by atoms with Crippen molar-refractivity contribution in [2.45, 2.75) is 57.7 Å². The Bertz CT molecular complexity index is 338. The highest BCUT2D eigenvalue weighted by molar-refractivity contribution is 4.79. The third-order valence-corrected chi connectivity index (χ3v) is 2.62. The van der Waals surface area contributed by atoms with Crippen molar-refractivity contribution in [1.29, 1.82) is 15.8 Å². The Hall–Kier alpha value is -1.61. The fourth-order valence-electron chi connectivity index (χ4n) is 1.76. The number of ether oxygens (including phenoxy) is 2. The lowest BCUT2D eigenvalue weighted by molar-refractivity contribution is -0.0768. The van der Waals surface area contributed by atoms with Crippen molar-refractivity contribution in [2.24, 2.45) is 0 Å². The Labute approximate surface area is 115 Å². The van der Waals surface area contributed by atoms with Crippen LogP contribution in [0.2, 0.25) is 0 Å². The summed E-state index contributed by atoms with van der Waals surface area (Å²) < 4.78 is 11.3. The van der Waals surface area contributed by atoms with E-state index in [4.69, 9.17) is 25.3 Å². The lowest BCUT2D eigenvalue weighted by atomic mass is 10.0. The van der Waals surface area contributed by atoms with Crippen LogP contribution >= 0.6 is 0 Å². The first-order chi connectivity index (χ1) is 9.29. The molecule has 2 unspecified atom stereocenters. The molecular formula is C14H21N3O2. The molecule has 0 N–H and O–H groups in total. The molecule has 0 aliphatic rings. The molecule has 0 aliphatic carbocycles. The van der Waals surface area contributed by atoms with Gasteiger partial charge < -0.3 is 9.47 Å². The summed E-state index contributed by atoms with van der Waals surface area (Å²) in [5.41, 5.74) is 0. The largest absolute Gasteiger partial charge is 0.374 e. The summed E-state index contributed by atoms with van der Waals surface area (Å²) in [7, 11) is 0. The Morgan fingerprint density at radius 2 is 1.26 bits per heavy atom. The SMILES string of the molecule is CCCC(OCCC#N)C(CCC#N)OCCC#N. The molecule has 0 rings (SSSR count). The van der Waals surface area contributed by atoms with Gasteiger partial charge in [-0.3, -0.25) is 0 Å². The molecule has 104 valence electrons. The van der Waals surface area contributed by atoms with Gasteiger partial charge in [-0.15, -0.1) is 0 Å². The van der Waals surface area contributed by atoms with Crippen LogP contribution in [0, 0.1) is 34.0 Å². The number of nitriles is 3. The molecule has 0 aromatic carbocycles. The van der Waals surface area contributed by atoms with Crippen LogP contribution in [0.25, 0.3) is 0 Å². The first-order valence-corrected chi connectivity index (χ1v) is 6.64. The van der Waals surface area contributed by atoms with E-state index >= 15 is 0 Å². The van der Waals surface area contributed by atoms with Crippen LogP contribution < -0.4 is 0 Å². The molecule has 0 heterocycles. The van der Waals surface area contributed by atoms with Crippen molar-refractivity contribution in [3.05, 3.63) is 0 Å². The summed E-state index contributed by atoms with van der Waals surface area (Å²) in [4.78, 5) is 0. The zero-order chi connectivity index (χ0) is 14.3. The van der Waals surface area contributed by atoms with Gasteiger partial charge >= 0.3 is 0 Å². The van der Waals surface area contributed by atoms with E-state index in [1.807, 2.05) is 12.1 Å². The zero-order valence-electron chi connectivity index (χ0n) is 11.5. The second-order valence-electron chi connectivity index (χ2n) is 4.12. The number of nitrogens with zero attached hydrogens (tertiary/aromatic N) is 3. The molecule has 5 nitrogen and oxygen atoms in total. The topological polar surface area (TPSA) is 89.8 Å². The normalized spacial score (nSPS) is 12.9. The number of rotatable bonds is 11. The first-order valence-electron chi connectivity index (χ1n) is 6.64. The fourth-order valence-corrected chi connectivity index (χ4v) is 1.76.